The SMILES string of the molecule is C=CC[C@@]1(C(=O)OC)[C@H](C)C[C@H]2OC(=O)C3=C2[C@H]1CCC3. The van der Waals surface area contributed by atoms with Crippen LogP contribution in [0.3, 0.4) is 0 Å². The molecule has 4 atom stereocenters. The number of hydrogen-bond acceptors (Lipinski definition) is 4. The molecule has 0 N–H and O–H groups in total. The Hall–Kier alpha value is -1.58. The number of carbonyl (C=O) groups is 2. The largest absolute Gasteiger partial charge is 0.469 e. The van der Waals surface area contributed by atoms with Gasteiger partial charge in [-0.1, -0.05) is 13.0 Å². The van der Waals surface area contributed by atoms with E-state index in [0.29, 0.717) is 12.8 Å². The number of ether oxygens (including phenoxy) is 2. The lowest BCUT2D eigenvalue weighted by molar-refractivity contribution is -0.164. The molecule has 1 aliphatic heterocycles. The summed E-state index contributed by atoms with van der Waals surface area (Å²) in [7, 11) is 1.44. The fraction of sp³-hybridized carbons (Fsp3) is 0.647. The van der Waals surface area contributed by atoms with Crippen molar-refractivity contribution < 1.29 is 19.1 Å². The average molecular weight is 290 g/mol. The molecule has 21 heavy (non-hydrogen) atoms. The molecule has 114 valence electrons. The Morgan fingerprint density at radius 3 is 3.00 bits per heavy atom. The zero-order chi connectivity index (χ0) is 15.2. The molecular weight excluding hydrogens is 268 g/mol. The van der Waals surface area contributed by atoms with Gasteiger partial charge in [-0.3, -0.25) is 4.79 Å². The number of methoxy groups -OCH3 is 1. The van der Waals surface area contributed by atoms with Crippen molar-refractivity contribution in [3.05, 3.63) is 23.8 Å². The number of carbonyl (C=O) groups excluding carboxylic acids is 2. The molecule has 1 heterocycles. The summed E-state index contributed by atoms with van der Waals surface area (Å²) in [6.45, 7) is 5.90. The molecule has 3 aliphatic rings. The summed E-state index contributed by atoms with van der Waals surface area (Å²) in [6.07, 6.45) is 5.58. The summed E-state index contributed by atoms with van der Waals surface area (Å²) >= 11 is 0. The van der Waals surface area contributed by atoms with E-state index in [4.69, 9.17) is 9.47 Å². The van der Waals surface area contributed by atoms with Gasteiger partial charge in [-0.15, -0.1) is 6.58 Å². The first-order valence-electron chi connectivity index (χ1n) is 7.69. The van der Waals surface area contributed by atoms with E-state index in [1.807, 2.05) is 0 Å². The zero-order valence-corrected chi connectivity index (χ0v) is 12.7. The topological polar surface area (TPSA) is 52.6 Å². The average Bonchev–Trinajstić information content (AvgIpc) is 2.80. The normalized spacial score (nSPS) is 37.8. The number of allylic oxidation sites excluding steroid dienone is 1. The van der Waals surface area contributed by atoms with Gasteiger partial charge < -0.3 is 9.47 Å². The Morgan fingerprint density at radius 2 is 2.33 bits per heavy atom. The number of esters is 2. The number of rotatable bonds is 3. The van der Waals surface area contributed by atoms with Gasteiger partial charge in [-0.05, 0) is 43.6 Å². The van der Waals surface area contributed by atoms with Gasteiger partial charge in [0.25, 0.3) is 0 Å². The van der Waals surface area contributed by atoms with Crippen molar-refractivity contribution in [2.45, 2.75) is 45.1 Å². The molecule has 0 aromatic carbocycles. The summed E-state index contributed by atoms with van der Waals surface area (Å²) in [4.78, 5) is 24.7. The molecule has 0 saturated heterocycles. The Balaban J connectivity index is 2.14. The summed E-state index contributed by atoms with van der Waals surface area (Å²) in [5, 5.41) is 0. The molecule has 0 bridgehead atoms. The van der Waals surface area contributed by atoms with Gasteiger partial charge >= 0.3 is 11.9 Å². The van der Waals surface area contributed by atoms with E-state index in [1.165, 1.54) is 7.11 Å². The van der Waals surface area contributed by atoms with Gasteiger partial charge in [0, 0.05) is 11.5 Å². The molecule has 1 fully saturated rings. The highest BCUT2D eigenvalue weighted by Crippen LogP contribution is 2.58. The van der Waals surface area contributed by atoms with E-state index < -0.39 is 5.41 Å². The van der Waals surface area contributed by atoms with Crippen molar-refractivity contribution >= 4 is 11.9 Å². The second-order valence-corrected chi connectivity index (χ2v) is 6.43. The highest BCUT2D eigenvalue weighted by Gasteiger charge is 2.59. The fourth-order valence-corrected chi connectivity index (χ4v) is 4.68. The molecule has 3 rings (SSSR count). The van der Waals surface area contributed by atoms with Crippen molar-refractivity contribution in [2.75, 3.05) is 7.11 Å². The second kappa shape index (κ2) is 5.00. The van der Waals surface area contributed by atoms with Crippen LogP contribution in [-0.4, -0.2) is 25.2 Å². The molecule has 0 radical (unpaired) electrons. The van der Waals surface area contributed by atoms with Gasteiger partial charge in [0.2, 0.25) is 0 Å². The van der Waals surface area contributed by atoms with Crippen LogP contribution in [0.2, 0.25) is 0 Å². The maximum Gasteiger partial charge on any atom is 0.334 e. The third-order valence-corrected chi connectivity index (χ3v) is 5.60. The second-order valence-electron chi connectivity index (χ2n) is 6.43. The van der Waals surface area contributed by atoms with Gasteiger partial charge in [-0.2, -0.15) is 0 Å². The Kier molecular flexibility index (Phi) is 3.42. The van der Waals surface area contributed by atoms with Crippen molar-refractivity contribution in [1.29, 1.82) is 0 Å². The summed E-state index contributed by atoms with van der Waals surface area (Å²) in [5.74, 6) is -0.198. The van der Waals surface area contributed by atoms with Gasteiger partial charge in [-0.25, -0.2) is 4.79 Å². The van der Waals surface area contributed by atoms with Crippen LogP contribution in [0.4, 0.5) is 0 Å². The van der Waals surface area contributed by atoms with Crippen molar-refractivity contribution in [3.63, 3.8) is 0 Å². The summed E-state index contributed by atoms with van der Waals surface area (Å²) in [5.41, 5.74) is 1.30. The number of hydrogen-bond donors (Lipinski definition) is 0. The first kappa shape index (κ1) is 14.4. The lowest BCUT2D eigenvalue weighted by Crippen LogP contribution is -2.51. The van der Waals surface area contributed by atoms with E-state index in [0.717, 1.165) is 30.4 Å². The van der Waals surface area contributed by atoms with Crippen LogP contribution in [0, 0.1) is 17.3 Å². The van der Waals surface area contributed by atoms with Crippen LogP contribution in [-0.2, 0) is 19.1 Å². The minimum absolute atomic E-state index is 0.0481. The van der Waals surface area contributed by atoms with Crippen molar-refractivity contribution in [1.82, 2.24) is 0 Å². The molecule has 0 aromatic rings. The Morgan fingerprint density at radius 1 is 1.57 bits per heavy atom. The zero-order valence-electron chi connectivity index (χ0n) is 12.7. The standard InChI is InChI=1S/C17H22O4/c1-4-8-17(16(19)20-3)10(2)9-13-14-11(15(18)21-13)6-5-7-12(14)17/h4,10,12-13H,1,5-9H2,2-3H3/t10-,12-,13-,17-/m1/s1. The molecule has 0 aromatic heterocycles. The van der Waals surface area contributed by atoms with E-state index >= 15 is 0 Å². The summed E-state index contributed by atoms with van der Waals surface area (Å²) < 4.78 is 10.7. The maximum absolute atomic E-state index is 12.6. The first-order chi connectivity index (χ1) is 10.1. The molecular formula is C17H22O4. The lowest BCUT2D eigenvalue weighted by Gasteiger charge is -2.49. The third kappa shape index (κ3) is 1.81. The highest BCUT2D eigenvalue weighted by molar-refractivity contribution is 5.93. The summed E-state index contributed by atoms with van der Waals surface area (Å²) in [6, 6.07) is 0. The van der Waals surface area contributed by atoms with Crippen molar-refractivity contribution in [2.24, 2.45) is 17.3 Å². The van der Waals surface area contributed by atoms with Crippen LogP contribution in [0.1, 0.15) is 39.0 Å². The van der Waals surface area contributed by atoms with Crippen molar-refractivity contribution in [3.8, 4) is 0 Å². The lowest BCUT2D eigenvalue weighted by atomic mass is 9.54. The third-order valence-electron chi connectivity index (χ3n) is 5.60. The first-order valence-corrected chi connectivity index (χ1v) is 7.69. The molecule has 4 heteroatoms. The molecule has 4 nitrogen and oxygen atoms in total. The molecule has 0 unspecified atom stereocenters. The molecule has 1 saturated carbocycles. The smallest absolute Gasteiger partial charge is 0.334 e. The minimum atomic E-state index is -0.595. The van der Waals surface area contributed by atoms with E-state index in [-0.39, 0.29) is 29.9 Å². The van der Waals surface area contributed by atoms with E-state index in [9.17, 15) is 9.59 Å². The Bertz CT molecular complexity index is 533. The van der Waals surface area contributed by atoms with E-state index in [2.05, 4.69) is 13.5 Å². The highest BCUT2D eigenvalue weighted by atomic mass is 16.5. The quantitative estimate of drug-likeness (QED) is 0.592. The predicted molar refractivity (Wildman–Crippen MR) is 77.3 cm³/mol. The van der Waals surface area contributed by atoms with Crippen LogP contribution in [0.25, 0.3) is 0 Å². The van der Waals surface area contributed by atoms with Crippen LogP contribution >= 0.6 is 0 Å². The van der Waals surface area contributed by atoms with Gasteiger partial charge in [0.15, 0.2) is 0 Å². The molecule has 2 aliphatic carbocycles. The predicted octanol–water partition coefficient (Wildman–Crippen LogP) is 2.78. The van der Waals surface area contributed by atoms with Gasteiger partial charge in [0.1, 0.15) is 6.10 Å². The van der Waals surface area contributed by atoms with Gasteiger partial charge in [0.05, 0.1) is 12.5 Å². The molecule has 0 amide bonds. The van der Waals surface area contributed by atoms with E-state index in [1.54, 1.807) is 6.08 Å². The molecule has 0 spiro atoms. The van der Waals surface area contributed by atoms with Crippen LogP contribution in [0.5, 0.6) is 0 Å². The minimum Gasteiger partial charge on any atom is -0.469 e. The fourth-order valence-electron chi connectivity index (χ4n) is 4.68. The van der Waals surface area contributed by atoms with Crippen LogP contribution < -0.4 is 0 Å². The van der Waals surface area contributed by atoms with Crippen LogP contribution in [0.15, 0.2) is 23.8 Å². The maximum atomic E-state index is 12.6. The Labute approximate surface area is 125 Å². The monoisotopic (exact) mass is 290 g/mol.